The average Bonchev–Trinajstić information content (AvgIpc) is 3.52. The number of amides is 2. The van der Waals surface area contributed by atoms with Gasteiger partial charge in [0.1, 0.15) is 5.69 Å². The van der Waals surface area contributed by atoms with Crippen LogP contribution in [-0.4, -0.2) is 47.6 Å². The predicted molar refractivity (Wildman–Crippen MR) is 137 cm³/mol. The van der Waals surface area contributed by atoms with Gasteiger partial charge in [-0.3, -0.25) is 9.59 Å². The van der Waals surface area contributed by atoms with Crippen molar-refractivity contribution in [3.05, 3.63) is 81.5 Å². The van der Waals surface area contributed by atoms with Crippen molar-refractivity contribution in [2.75, 3.05) is 5.32 Å². The smallest absolute Gasteiger partial charge is 0.350 e. The topological polar surface area (TPSA) is 143 Å². The number of rotatable bonds is 7. The standard InChI is InChI=1S/C25H21ClF3N9O2/c1-13(2)33-23(39)17-8-15(10-30)7-14(3)21(17)34-24(40)19-9-16(12-37-20(11-32-36-37)25(27,28)29)35-38(19)22-18(26)5-4-6-31-22/h4-9,11,13H,12H2,1-3H3,(H,33,39)(H,34,40). The Hall–Kier alpha value is -4.77. The van der Waals surface area contributed by atoms with E-state index < -0.39 is 30.2 Å². The van der Waals surface area contributed by atoms with E-state index in [9.17, 15) is 28.0 Å². The van der Waals surface area contributed by atoms with Gasteiger partial charge in [0.15, 0.2) is 11.5 Å². The van der Waals surface area contributed by atoms with E-state index >= 15 is 0 Å². The molecule has 15 heteroatoms. The molecule has 1 aromatic carbocycles. The highest BCUT2D eigenvalue weighted by atomic mass is 35.5. The van der Waals surface area contributed by atoms with Gasteiger partial charge in [-0.15, -0.1) is 5.10 Å². The van der Waals surface area contributed by atoms with Gasteiger partial charge in [-0.2, -0.15) is 23.5 Å². The van der Waals surface area contributed by atoms with Crippen molar-refractivity contribution < 1.29 is 22.8 Å². The first-order chi connectivity index (χ1) is 18.9. The second kappa shape index (κ2) is 11.1. The molecule has 2 N–H and O–H groups in total. The summed E-state index contributed by atoms with van der Waals surface area (Å²) in [6, 6.07) is 8.93. The molecule has 0 aliphatic heterocycles. The summed E-state index contributed by atoms with van der Waals surface area (Å²) >= 11 is 6.29. The van der Waals surface area contributed by atoms with Gasteiger partial charge < -0.3 is 10.6 Å². The van der Waals surface area contributed by atoms with Crippen LogP contribution in [0.25, 0.3) is 5.82 Å². The summed E-state index contributed by atoms with van der Waals surface area (Å²) < 4.78 is 41.8. The maximum absolute atomic E-state index is 13.6. The molecule has 11 nitrogen and oxygen atoms in total. The lowest BCUT2D eigenvalue weighted by Crippen LogP contribution is -2.31. The Morgan fingerprint density at radius 2 is 1.95 bits per heavy atom. The molecule has 3 aromatic heterocycles. The van der Waals surface area contributed by atoms with Crippen molar-refractivity contribution in [2.24, 2.45) is 0 Å². The van der Waals surface area contributed by atoms with Crippen LogP contribution in [0, 0.1) is 18.3 Å². The van der Waals surface area contributed by atoms with Crippen molar-refractivity contribution in [3.8, 4) is 11.9 Å². The van der Waals surface area contributed by atoms with E-state index in [1.807, 2.05) is 6.07 Å². The highest BCUT2D eigenvalue weighted by Crippen LogP contribution is 2.29. The Bertz CT molecular complexity index is 1640. The number of carbonyl (C=O) groups is 2. The minimum absolute atomic E-state index is 0.0252. The van der Waals surface area contributed by atoms with Gasteiger partial charge in [0.05, 0.1) is 46.3 Å². The lowest BCUT2D eigenvalue weighted by atomic mass is 10.0. The fraction of sp³-hybridized carbons (Fsp3) is 0.240. The first-order valence-corrected chi connectivity index (χ1v) is 12.1. The summed E-state index contributed by atoms with van der Waals surface area (Å²) in [6.07, 6.45) is -2.73. The van der Waals surface area contributed by atoms with Gasteiger partial charge in [0, 0.05) is 12.2 Å². The predicted octanol–water partition coefficient (Wildman–Crippen LogP) is 4.15. The van der Waals surface area contributed by atoms with Gasteiger partial charge in [-0.25, -0.2) is 14.3 Å². The molecule has 0 spiro atoms. The maximum Gasteiger partial charge on any atom is 0.434 e. The minimum Gasteiger partial charge on any atom is -0.350 e. The maximum atomic E-state index is 13.6. The van der Waals surface area contributed by atoms with Crippen LogP contribution in [0.15, 0.2) is 42.7 Å². The molecule has 0 unspecified atom stereocenters. The number of hydrogen-bond acceptors (Lipinski definition) is 7. The molecule has 206 valence electrons. The summed E-state index contributed by atoms with van der Waals surface area (Å²) in [5.74, 6) is -1.23. The van der Waals surface area contributed by atoms with Crippen LogP contribution in [-0.2, 0) is 12.7 Å². The summed E-state index contributed by atoms with van der Waals surface area (Å²) in [7, 11) is 0. The number of aryl methyl sites for hydroxylation is 1. The van der Waals surface area contributed by atoms with Crippen LogP contribution < -0.4 is 10.6 Å². The Morgan fingerprint density at radius 3 is 2.60 bits per heavy atom. The number of nitrogens with one attached hydrogen (secondary N) is 2. The zero-order chi connectivity index (χ0) is 29.2. The van der Waals surface area contributed by atoms with Crippen LogP contribution in [0.3, 0.4) is 0 Å². The lowest BCUT2D eigenvalue weighted by Gasteiger charge is -2.16. The normalized spacial score (nSPS) is 11.4. The van der Waals surface area contributed by atoms with E-state index in [2.05, 4.69) is 31.0 Å². The quantitative estimate of drug-likeness (QED) is 0.339. The third kappa shape index (κ3) is 5.94. The Balaban J connectivity index is 1.78. The number of nitriles is 1. The number of aromatic nitrogens is 6. The molecule has 2 amide bonds. The number of anilines is 1. The molecule has 0 atom stereocenters. The van der Waals surface area contributed by atoms with E-state index in [0.717, 1.165) is 4.68 Å². The second-order valence-electron chi connectivity index (χ2n) is 8.93. The molecule has 3 heterocycles. The van der Waals surface area contributed by atoms with E-state index in [1.165, 1.54) is 30.5 Å². The number of hydrogen-bond donors (Lipinski definition) is 2. The van der Waals surface area contributed by atoms with Crippen LogP contribution in [0.1, 0.15) is 57.2 Å². The minimum atomic E-state index is -4.71. The van der Waals surface area contributed by atoms with Crippen LogP contribution in [0.4, 0.5) is 18.9 Å². The summed E-state index contributed by atoms with van der Waals surface area (Å²) in [5, 5.41) is 26.0. The largest absolute Gasteiger partial charge is 0.434 e. The molecule has 0 fully saturated rings. The van der Waals surface area contributed by atoms with Crippen molar-refractivity contribution >= 4 is 29.1 Å². The van der Waals surface area contributed by atoms with E-state index in [-0.39, 0.29) is 45.1 Å². The molecule has 4 aromatic rings. The van der Waals surface area contributed by atoms with Crippen molar-refractivity contribution in [2.45, 2.75) is 39.5 Å². The number of nitrogens with zero attached hydrogens (tertiary/aromatic N) is 7. The molecule has 4 rings (SSSR count). The van der Waals surface area contributed by atoms with Gasteiger partial charge >= 0.3 is 6.18 Å². The Morgan fingerprint density at radius 1 is 1.20 bits per heavy atom. The van der Waals surface area contributed by atoms with E-state index in [1.54, 1.807) is 26.8 Å². The molecule has 0 saturated carbocycles. The Kier molecular flexibility index (Phi) is 7.87. The fourth-order valence-corrected chi connectivity index (χ4v) is 4.03. The van der Waals surface area contributed by atoms with E-state index in [4.69, 9.17) is 11.6 Å². The summed E-state index contributed by atoms with van der Waals surface area (Å²) in [5.41, 5.74) is -0.373. The second-order valence-corrected chi connectivity index (χ2v) is 9.33. The van der Waals surface area contributed by atoms with Gasteiger partial charge in [-0.1, -0.05) is 16.8 Å². The SMILES string of the molecule is Cc1cc(C#N)cc(C(=O)NC(C)C)c1NC(=O)c1cc(Cn2nncc2C(F)(F)F)nn1-c1ncccc1Cl. The Labute approximate surface area is 230 Å². The molecule has 0 saturated heterocycles. The van der Waals surface area contributed by atoms with Gasteiger partial charge in [-0.05, 0) is 56.7 Å². The molecule has 0 aliphatic carbocycles. The number of halogens is 4. The van der Waals surface area contributed by atoms with Gasteiger partial charge in [0.2, 0.25) is 0 Å². The zero-order valence-electron chi connectivity index (χ0n) is 21.3. The fourth-order valence-electron chi connectivity index (χ4n) is 3.83. The number of carbonyl (C=O) groups excluding carboxylic acids is 2. The molecular formula is C25H21ClF3N9O2. The number of alkyl halides is 3. The third-order valence-corrected chi connectivity index (χ3v) is 5.81. The van der Waals surface area contributed by atoms with Crippen LogP contribution in [0.2, 0.25) is 5.02 Å². The molecular weight excluding hydrogens is 551 g/mol. The molecule has 0 radical (unpaired) electrons. The monoisotopic (exact) mass is 571 g/mol. The zero-order valence-corrected chi connectivity index (χ0v) is 22.0. The molecule has 0 bridgehead atoms. The van der Waals surface area contributed by atoms with Crippen molar-refractivity contribution in [1.82, 2.24) is 35.1 Å². The summed E-state index contributed by atoms with van der Waals surface area (Å²) in [4.78, 5) is 30.7. The van der Waals surface area contributed by atoms with Crippen molar-refractivity contribution in [3.63, 3.8) is 0 Å². The third-order valence-electron chi connectivity index (χ3n) is 5.52. The van der Waals surface area contributed by atoms with E-state index in [0.29, 0.717) is 16.4 Å². The number of pyridine rings is 1. The highest BCUT2D eigenvalue weighted by Gasteiger charge is 2.36. The summed E-state index contributed by atoms with van der Waals surface area (Å²) in [6.45, 7) is 4.66. The highest BCUT2D eigenvalue weighted by molar-refractivity contribution is 6.32. The van der Waals surface area contributed by atoms with Crippen LogP contribution in [0.5, 0.6) is 0 Å². The molecule has 40 heavy (non-hydrogen) atoms. The average molecular weight is 572 g/mol. The first-order valence-electron chi connectivity index (χ1n) is 11.7. The first kappa shape index (κ1) is 28.2. The number of benzene rings is 1. The van der Waals surface area contributed by atoms with Gasteiger partial charge in [0.25, 0.3) is 11.8 Å². The van der Waals surface area contributed by atoms with Crippen molar-refractivity contribution in [1.29, 1.82) is 5.26 Å². The lowest BCUT2D eigenvalue weighted by molar-refractivity contribution is -0.144. The van der Waals surface area contributed by atoms with Crippen LogP contribution >= 0.6 is 11.6 Å². The molecule has 0 aliphatic rings.